The van der Waals surface area contributed by atoms with Gasteiger partial charge in [0, 0.05) is 37.7 Å². The average Bonchev–Trinajstić information content (AvgIpc) is 3.35. The van der Waals surface area contributed by atoms with Crippen molar-refractivity contribution in [1.82, 2.24) is 14.7 Å². The molecule has 0 radical (unpaired) electrons. The second-order valence-corrected chi connectivity index (χ2v) is 10.5. The van der Waals surface area contributed by atoms with Gasteiger partial charge in [-0.25, -0.2) is 8.42 Å². The van der Waals surface area contributed by atoms with E-state index >= 15 is 0 Å². The lowest BCUT2D eigenvalue weighted by Crippen LogP contribution is -2.27. The van der Waals surface area contributed by atoms with Crippen LogP contribution in [0.15, 0.2) is 17.5 Å². The molecule has 1 amide bonds. The number of aryl methyl sites for hydroxylation is 1. The summed E-state index contributed by atoms with van der Waals surface area (Å²) in [6.07, 6.45) is 0.935. The van der Waals surface area contributed by atoms with E-state index in [1.807, 2.05) is 25.3 Å². The van der Waals surface area contributed by atoms with Gasteiger partial charge in [-0.2, -0.15) is 5.10 Å². The lowest BCUT2D eigenvalue weighted by molar-refractivity contribution is -0.130. The molecule has 0 unspecified atom stereocenters. The van der Waals surface area contributed by atoms with E-state index in [0.29, 0.717) is 17.8 Å². The Hall–Kier alpha value is -2.00. The highest BCUT2D eigenvalue weighted by Crippen LogP contribution is 2.27. The van der Waals surface area contributed by atoms with Crippen molar-refractivity contribution in [3.63, 3.8) is 0 Å². The van der Waals surface area contributed by atoms with Gasteiger partial charge in [0.05, 0.1) is 28.1 Å². The van der Waals surface area contributed by atoms with Crippen molar-refractivity contribution in [2.75, 3.05) is 18.6 Å². The first-order chi connectivity index (χ1) is 13.2. The van der Waals surface area contributed by atoms with Gasteiger partial charge < -0.3 is 4.90 Å². The molecule has 1 fully saturated rings. The van der Waals surface area contributed by atoms with Gasteiger partial charge in [0.2, 0.25) is 5.91 Å². The molecular weight excluding hydrogens is 398 g/mol. The zero-order chi connectivity index (χ0) is 20.5. The fourth-order valence-electron chi connectivity index (χ4n) is 3.55. The molecule has 0 aliphatic carbocycles. The van der Waals surface area contributed by atoms with Crippen LogP contribution in [0.1, 0.15) is 51.9 Å². The van der Waals surface area contributed by atoms with Crippen LogP contribution in [-0.4, -0.2) is 53.3 Å². The normalized spacial score (nSPS) is 18.3. The predicted molar refractivity (Wildman–Crippen MR) is 108 cm³/mol. The van der Waals surface area contributed by atoms with Crippen LogP contribution in [0.25, 0.3) is 0 Å². The minimum atomic E-state index is -2.99. The van der Waals surface area contributed by atoms with E-state index in [1.165, 1.54) is 11.3 Å². The summed E-state index contributed by atoms with van der Waals surface area (Å²) >= 11 is 1.38. The molecule has 2 aromatic rings. The zero-order valence-electron chi connectivity index (χ0n) is 16.3. The van der Waals surface area contributed by atoms with Crippen molar-refractivity contribution in [2.24, 2.45) is 0 Å². The molecule has 0 spiro atoms. The van der Waals surface area contributed by atoms with Gasteiger partial charge in [-0.15, -0.1) is 11.3 Å². The average molecular weight is 424 g/mol. The van der Waals surface area contributed by atoms with Crippen LogP contribution in [0.3, 0.4) is 0 Å². The number of thiophene rings is 1. The Morgan fingerprint density at radius 2 is 2.07 bits per heavy atom. The number of nitrogens with zero attached hydrogens (tertiary/aromatic N) is 3. The van der Waals surface area contributed by atoms with Gasteiger partial charge in [0.15, 0.2) is 15.6 Å². The third kappa shape index (κ3) is 4.52. The Kier molecular flexibility index (Phi) is 6.04. The molecule has 3 heterocycles. The van der Waals surface area contributed by atoms with E-state index in [-0.39, 0.29) is 42.1 Å². The molecule has 7 nitrogen and oxygen atoms in total. The summed E-state index contributed by atoms with van der Waals surface area (Å²) < 4.78 is 25.4. The van der Waals surface area contributed by atoms with Gasteiger partial charge in [0.25, 0.3) is 0 Å². The Morgan fingerprint density at radius 3 is 2.68 bits per heavy atom. The van der Waals surface area contributed by atoms with Crippen LogP contribution in [-0.2, 0) is 21.2 Å². The second kappa shape index (κ2) is 8.16. The van der Waals surface area contributed by atoms with Crippen LogP contribution < -0.4 is 0 Å². The summed E-state index contributed by atoms with van der Waals surface area (Å²) in [5, 5.41) is 6.39. The number of ketones is 1. The van der Waals surface area contributed by atoms with Crippen molar-refractivity contribution in [3.8, 4) is 0 Å². The maximum atomic E-state index is 12.5. The summed E-state index contributed by atoms with van der Waals surface area (Å²) in [4.78, 5) is 26.8. The van der Waals surface area contributed by atoms with Crippen LogP contribution in [0.5, 0.6) is 0 Å². The largest absolute Gasteiger partial charge is 0.341 e. The van der Waals surface area contributed by atoms with E-state index < -0.39 is 9.84 Å². The number of Topliss-reactive ketones (excluding diaryl/α,β-unsaturated/α-hetero) is 1. The zero-order valence-corrected chi connectivity index (χ0v) is 18.0. The number of amides is 1. The van der Waals surface area contributed by atoms with E-state index in [2.05, 4.69) is 5.10 Å². The van der Waals surface area contributed by atoms with Crippen molar-refractivity contribution >= 4 is 32.9 Å². The Morgan fingerprint density at radius 1 is 1.32 bits per heavy atom. The van der Waals surface area contributed by atoms with Gasteiger partial charge in [-0.1, -0.05) is 6.07 Å². The highest BCUT2D eigenvalue weighted by Gasteiger charge is 2.31. The fourth-order valence-corrected chi connectivity index (χ4v) is 5.93. The third-order valence-corrected chi connectivity index (χ3v) is 7.87. The molecule has 0 bridgehead atoms. The van der Waals surface area contributed by atoms with Crippen LogP contribution in [0, 0.1) is 13.8 Å². The molecule has 152 valence electrons. The SMILES string of the molecule is Cc1nn([C@H]2CCS(=O)(=O)C2)c(C)c1CN(C)C(=O)CCC(=O)c1cccs1. The Labute approximate surface area is 169 Å². The van der Waals surface area contributed by atoms with Crippen molar-refractivity contribution in [1.29, 1.82) is 0 Å². The first-order valence-electron chi connectivity index (χ1n) is 9.23. The van der Waals surface area contributed by atoms with Gasteiger partial charge in [-0.3, -0.25) is 14.3 Å². The summed E-state index contributed by atoms with van der Waals surface area (Å²) in [7, 11) is -1.27. The first kappa shape index (κ1) is 20.7. The molecule has 28 heavy (non-hydrogen) atoms. The van der Waals surface area contributed by atoms with Gasteiger partial charge in [-0.05, 0) is 31.7 Å². The highest BCUT2D eigenvalue weighted by molar-refractivity contribution is 7.91. The van der Waals surface area contributed by atoms with Crippen molar-refractivity contribution < 1.29 is 18.0 Å². The number of carbonyl (C=O) groups excluding carboxylic acids is 2. The fraction of sp³-hybridized carbons (Fsp3) is 0.526. The quantitative estimate of drug-likeness (QED) is 0.639. The molecule has 0 N–H and O–H groups in total. The number of sulfone groups is 1. The van der Waals surface area contributed by atoms with Crippen molar-refractivity contribution in [3.05, 3.63) is 39.3 Å². The summed E-state index contributed by atoms with van der Waals surface area (Å²) in [5.41, 5.74) is 2.63. The molecule has 0 saturated carbocycles. The molecule has 1 atom stereocenters. The number of carbonyl (C=O) groups is 2. The van der Waals surface area contributed by atoms with Crippen LogP contribution >= 0.6 is 11.3 Å². The first-order valence-corrected chi connectivity index (χ1v) is 11.9. The summed E-state index contributed by atoms with van der Waals surface area (Å²) in [6, 6.07) is 3.46. The van der Waals surface area contributed by atoms with E-state index in [4.69, 9.17) is 0 Å². The molecule has 3 rings (SSSR count). The lowest BCUT2D eigenvalue weighted by atomic mass is 10.1. The number of hydrogen-bond acceptors (Lipinski definition) is 6. The highest BCUT2D eigenvalue weighted by atomic mass is 32.2. The third-order valence-electron chi connectivity index (χ3n) is 5.21. The van der Waals surface area contributed by atoms with Gasteiger partial charge >= 0.3 is 0 Å². The standard InChI is InChI=1S/C19H25N3O4S2/c1-13-16(14(2)22(20-13)15-8-10-28(25,26)12-15)11-21(3)19(24)7-6-17(23)18-5-4-9-27-18/h4-5,9,15H,6-8,10-12H2,1-3H3/t15-/m0/s1. The number of hydrogen-bond donors (Lipinski definition) is 0. The predicted octanol–water partition coefficient (Wildman–Crippen LogP) is 2.54. The summed E-state index contributed by atoms with van der Waals surface area (Å²) in [5.74, 6) is 0.204. The number of rotatable bonds is 7. The van der Waals surface area contributed by atoms with E-state index in [0.717, 1.165) is 17.0 Å². The molecule has 1 aliphatic rings. The van der Waals surface area contributed by atoms with Crippen LogP contribution in [0.4, 0.5) is 0 Å². The molecule has 1 aliphatic heterocycles. The van der Waals surface area contributed by atoms with E-state index in [1.54, 1.807) is 22.7 Å². The van der Waals surface area contributed by atoms with E-state index in [9.17, 15) is 18.0 Å². The summed E-state index contributed by atoms with van der Waals surface area (Å²) in [6.45, 7) is 4.18. The number of aromatic nitrogens is 2. The molecular formula is C19H25N3O4S2. The molecule has 2 aromatic heterocycles. The molecule has 1 saturated heterocycles. The lowest BCUT2D eigenvalue weighted by Gasteiger charge is -2.18. The monoisotopic (exact) mass is 423 g/mol. The maximum absolute atomic E-state index is 12.5. The van der Waals surface area contributed by atoms with Gasteiger partial charge in [0.1, 0.15) is 0 Å². The Balaban J connectivity index is 1.63. The molecule has 9 heteroatoms. The minimum Gasteiger partial charge on any atom is -0.341 e. The molecule has 0 aromatic carbocycles. The van der Waals surface area contributed by atoms with Crippen molar-refractivity contribution in [2.45, 2.75) is 45.7 Å². The van der Waals surface area contributed by atoms with Crippen LogP contribution in [0.2, 0.25) is 0 Å². The maximum Gasteiger partial charge on any atom is 0.223 e. The minimum absolute atomic E-state index is 0.0145. The Bertz CT molecular complexity index is 977. The smallest absolute Gasteiger partial charge is 0.223 e. The second-order valence-electron chi connectivity index (χ2n) is 7.30. The topological polar surface area (TPSA) is 89.3 Å².